The Balaban J connectivity index is 1.57. The number of rotatable bonds is 5. The van der Waals surface area contributed by atoms with Crippen LogP contribution in [0.2, 0.25) is 5.02 Å². The van der Waals surface area contributed by atoms with Gasteiger partial charge in [-0.1, -0.05) is 41.6 Å². The average Bonchev–Trinajstić information content (AvgIpc) is 2.98. The second kappa shape index (κ2) is 8.54. The molecule has 0 aliphatic carbocycles. The van der Waals surface area contributed by atoms with E-state index in [1.54, 1.807) is 30.3 Å². The predicted octanol–water partition coefficient (Wildman–Crippen LogP) is 3.90. The van der Waals surface area contributed by atoms with Gasteiger partial charge >= 0.3 is 0 Å². The summed E-state index contributed by atoms with van der Waals surface area (Å²) in [6.45, 7) is 2.14. The molecule has 1 heterocycles. The molecule has 2 amide bonds. The van der Waals surface area contributed by atoms with Crippen molar-refractivity contribution in [2.45, 2.75) is 25.1 Å². The zero-order valence-corrected chi connectivity index (χ0v) is 16.0. The van der Waals surface area contributed by atoms with Gasteiger partial charge in [-0.15, -0.1) is 0 Å². The van der Waals surface area contributed by atoms with Crippen LogP contribution in [-0.4, -0.2) is 22.2 Å². The molecule has 0 spiro atoms. The first-order chi connectivity index (χ1) is 12.9. The number of benzene rings is 2. The number of thioether (sulfide) groups is 1. The molecule has 5 nitrogen and oxygen atoms in total. The standard InChI is InChI=1S/C19H17ClFN3O2S/c1-11-14(20)3-2-4-15(11)23-17(25)9-16-18(26)24-19(27-16)22-10-12-5-7-13(21)8-6-12/h2-8,16H,9-10H2,1H3,(H,23,25)(H,22,24,26)/t16-/m0/s1. The van der Waals surface area contributed by atoms with Gasteiger partial charge in [0.15, 0.2) is 5.17 Å². The molecule has 0 unspecified atom stereocenters. The lowest BCUT2D eigenvalue weighted by Crippen LogP contribution is -2.28. The zero-order valence-electron chi connectivity index (χ0n) is 14.5. The SMILES string of the molecule is Cc1c(Cl)cccc1NC(=O)C[C@@H]1SC(=NCc2ccc(F)cc2)NC1=O. The third kappa shape index (κ3) is 5.08. The molecule has 2 aromatic rings. The van der Waals surface area contributed by atoms with Crippen molar-refractivity contribution in [2.24, 2.45) is 4.99 Å². The van der Waals surface area contributed by atoms with Crippen LogP contribution in [-0.2, 0) is 16.1 Å². The highest BCUT2D eigenvalue weighted by atomic mass is 35.5. The Morgan fingerprint density at radius 1 is 1.30 bits per heavy atom. The number of halogens is 2. The van der Waals surface area contributed by atoms with Crippen LogP contribution in [0.3, 0.4) is 0 Å². The lowest BCUT2D eigenvalue weighted by atomic mass is 10.2. The van der Waals surface area contributed by atoms with E-state index in [2.05, 4.69) is 15.6 Å². The van der Waals surface area contributed by atoms with Crippen molar-refractivity contribution in [3.63, 3.8) is 0 Å². The van der Waals surface area contributed by atoms with E-state index < -0.39 is 5.25 Å². The van der Waals surface area contributed by atoms with Crippen LogP contribution in [0.4, 0.5) is 10.1 Å². The maximum Gasteiger partial charge on any atom is 0.240 e. The van der Waals surface area contributed by atoms with E-state index in [1.807, 2.05) is 6.92 Å². The number of carbonyl (C=O) groups excluding carboxylic acids is 2. The van der Waals surface area contributed by atoms with Gasteiger partial charge in [0.25, 0.3) is 0 Å². The third-order valence-corrected chi connectivity index (χ3v) is 5.54. The first-order valence-corrected chi connectivity index (χ1v) is 9.49. The monoisotopic (exact) mass is 405 g/mol. The van der Waals surface area contributed by atoms with E-state index in [0.717, 1.165) is 11.1 Å². The average molecular weight is 406 g/mol. The van der Waals surface area contributed by atoms with Crippen molar-refractivity contribution >= 4 is 46.0 Å². The van der Waals surface area contributed by atoms with Gasteiger partial charge in [0.1, 0.15) is 11.1 Å². The molecule has 8 heteroatoms. The maximum absolute atomic E-state index is 12.9. The van der Waals surface area contributed by atoms with Gasteiger partial charge in [0, 0.05) is 17.1 Å². The summed E-state index contributed by atoms with van der Waals surface area (Å²) in [5.74, 6) is -0.834. The highest BCUT2D eigenvalue weighted by molar-refractivity contribution is 8.15. The van der Waals surface area contributed by atoms with Crippen LogP contribution < -0.4 is 10.6 Å². The summed E-state index contributed by atoms with van der Waals surface area (Å²) in [7, 11) is 0. The topological polar surface area (TPSA) is 70.6 Å². The number of carbonyl (C=O) groups is 2. The normalized spacial score (nSPS) is 17.8. The number of anilines is 1. The summed E-state index contributed by atoms with van der Waals surface area (Å²) >= 11 is 7.26. The molecule has 2 N–H and O–H groups in total. The number of aliphatic imine (C=N–C) groups is 1. The number of nitrogens with one attached hydrogen (secondary N) is 2. The molecule has 1 saturated heterocycles. The molecule has 1 aliphatic heterocycles. The van der Waals surface area contributed by atoms with Crippen molar-refractivity contribution < 1.29 is 14.0 Å². The molecule has 1 fully saturated rings. The van der Waals surface area contributed by atoms with Gasteiger partial charge in [-0.05, 0) is 42.3 Å². The van der Waals surface area contributed by atoms with Gasteiger partial charge in [-0.25, -0.2) is 4.39 Å². The Labute approximate surface area is 165 Å². The van der Waals surface area contributed by atoms with Crippen molar-refractivity contribution in [2.75, 3.05) is 5.32 Å². The van der Waals surface area contributed by atoms with E-state index in [1.165, 1.54) is 23.9 Å². The summed E-state index contributed by atoms with van der Waals surface area (Å²) in [6.07, 6.45) is 0.0258. The van der Waals surface area contributed by atoms with Crippen LogP contribution in [0.15, 0.2) is 47.5 Å². The van der Waals surface area contributed by atoms with E-state index >= 15 is 0 Å². The van der Waals surface area contributed by atoms with Gasteiger partial charge in [0.2, 0.25) is 11.8 Å². The second-order valence-electron chi connectivity index (χ2n) is 6.01. The number of amides is 2. The number of nitrogens with zero attached hydrogens (tertiary/aromatic N) is 1. The molecular formula is C19H17ClFN3O2S. The van der Waals surface area contributed by atoms with E-state index in [0.29, 0.717) is 22.4 Å². The fourth-order valence-electron chi connectivity index (χ4n) is 2.48. The molecule has 27 heavy (non-hydrogen) atoms. The first kappa shape index (κ1) is 19.4. The Hall–Kier alpha value is -2.38. The molecule has 1 atom stereocenters. The summed E-state index contributed by atoms with van der Waals surface area (Å²) in [5, 5.41) is 5.94. The predicted molar refractivity (Wildman–Crippen MR) is 106 cm³/mol. The Morgan fingerprint density at radius 3 is 2.78 bits per heavy atom. The van der Waals surface area contributed by atoms with Crippen LogP contribution in [0.5, 0.6) is 0 Å². The molecule has 2 aromatic carbocycles. The van der Waals surface area contributed by atoms with Gasteiger partial charge < -0.3 is 10.6 Å². The van der Waals surface area contributed by atoms with Crippen LogP contribution in [0, 0.1) is 12.7 Å². The molecule has 3 rings (SSSR count). The van der Waals surface area contributed by atoms with Gasteiger partial charge in [-0.3, -0.25) is 14.6 Å². The zero-order chi connectivity index (χ0) is 19.4. The third-order valence-electron chi connectivity index (χ3n) is 4.01. The van der Waals surface area contributed by atoms with E-state index in [4.69, 9.17) is 11.6 Å². The van der Waals surface area contributed by atoms with Crippen molar-refractivity contribution in [3.05, 3.63) is 64.4 Å². The summed E-state index contributed by atoms with van der Waals surface area (Å²) in [6, 6.07) is 11.3. The molecular weight excluding hydrogens is 389 g/mol. The molecule has 140 valence electrons. The Bertz CT molecular complexity index is 902. The molecule has 1 aliphatic rings. The van der Waals surface area contributed by atoms with Crippen molar-refractivity contribution in [1.82, 2.24) is 5.32 Å². The quantitative estimate of drug-likeness (QED) is 0.792. The van der Waals surface area contributed by atoms with Crippen LogP contribution in [0.1, 0.15) is 17.5 Å². The van der Waals surface area contributed by atoms with Gasteiger partial charge in [0.05, 0.1) is 6.54 Å². The lowest BCUT2D eigenvalue weighted by Gasteiger charge is -2.10. The molecule has 0 radical (unpaired) electrons. The number of amidine groups is 1. The minimum absolute atomic E-state index is 0.0258. The molecule has 0 bridgehead atoms. The second-order valence-corrected chi connectivity index (χ2v) is 7.61. The maximum atomic E-state index is 12.9. The van der Waals surface area contributed by atoms with Gasteiger partial charge in [-0.2, -0.15) is 0 Å². The smallest absolute Gasteiger partial charge is 0.240 e. The lowest BCUT2D eigenvalue weighted by molar-refractivity contribution is -0.122. The number of hydrogen-bond donors (Lipinski definition) is 2. The highest BCUT2D eigenvalue weighted by Gasteiger charge is 2.32. The van der Waals surface area contributed by atoms with Crippen LogP contribution in [0.25, 0.3) is 0 Å². The fraction of sp³-hybridized carbons (Fsp3) is 0.211. The minimum Gasteiger partial charge on any atom is -0.326 e. The Morgan fingerprint density at radius 2 is 2.04 bits per heavy atom. The van der Waals surface area contributed by atoms with Crippen molar-refractivity contribution in [1.29, 1.82) is 0 Å². The minimum atomic E-state index is -0.545. The summed E-state index contributed by atoms with van der Waals surface area (Å²) in [5.41, 5.74) is 2.23. The van der Waals surface area contributed by atoms with Crippen LogP contribution >= 0.6 is 23.4 Å². The van der Waals surface area contributed by atoms with E-state index in [-0.39, 0.29) is 24.1 Å². The van der Waals surface area contributed by atoms with E-state index in [9.17, 15) is 14.0 Å². The summed E-state index contributed by atoms with van der Waals surface area (Å²) < 4.78 is 12.9. The Kier molecular flexibility index (Phi) is 6.13. The van der Waals surface area contributed by atoms with Crippen molar-refractivity contribution in [3.8, 4) is 0 Å². The largest absolute Gasteiger partial charge is 0.326 e. The summed E-state index contributed by atoms with van der Waals surface area (Å²) in [4.78, 5) is 28.7. The fourth-order valence-corrected chi connectivity index (χ4v) is 3.62. The first-order valence-electron chi connectivity index (χ1n) is 8.24. The molecule has 0 saturated carbocycles. The highest BCUT2D eigenvalue weighted by Crippen LogP contribution is 2.26. The molecule has 0 aromatic heterocycles. The number of hydrogen-bond acceptors (Lipinski definition) is 4.